The molecule has 5 nitrogen and oxygen atoms in total. The molecular weight excluding hydrogens is 413 g/mol. The maximum atomic E-state index is 12.9. The second-order valence-electron chi connectivity index (χ2n) is 8.24. The number of piperazine rings is 1. The van der Waals surface area contributed by atoms with E-state index in [1.165, 1.54) is 17.4 Å². The number of carbonyl (C=O) groups is 1. The van der Waals surface area contributed by atoms with Crippen LogP contribution in [0.5, 0.6) is 0 Å². The summed E-state index contributed by atoms with van der Waals surface area (Å²) in [4.78, 5) is 21.4. The smallest absolute Gasteiger partial charge is 0.355 e. The standard InChI is InChI=1S/C21H29F3N4OS/c1-14(2)17(28-10-8-27(3)9-11-28)13-25-19(29)6-7-20-26-16-12-15(21(22,23)24)4-5-18(16)30-20/h4-5,12,14,17H,6-11,13H2,1-3H3,(H,25,29). The van der Waals surface area contributed by atoms with E-state index in [4.69, 9.17) is 0 Å². The van der Waals surface area contributed by atoms with Crippen molar-refractivity contribution in [3.8, 4) is 0 Å². The van der Waals surface area contributed by atoms with Crippen molar-refractivity contribution < 1.29 is 18.0 Å². The Kier molecular flexibility index (Phi) is 7.36. The largest absolute Gasteiger partial charge is 0.416 e. The Balaban J connectivity index is 1.52. The molecule has 9 heteroatoms. The summed E-state index contributed by atoms with van der Waals surface area (Å²) in [6.45, 7) is 9.02. The first-order valence-corrected chi connectivity index (χ1v) is 11.1. The Morgan fingerprint density at radius 3 is 2.57 bits per heavy atom. The Morgan fingerprint density at radius 1 is 1.23 bits per heavy atom. The van der Waals surface area contributed by atoms with Crippen LogP contribution in [0.1, 0.15) is 30.8 Å². The molecule has 30 heavy (non-hydrogen) atoms. The fourth-order valence-corrected chi connectivity index (χ4v) is 4.67. The molecule has 1 unspecified atom stereocenters. The number of thiazole rings is 1. The molecule has 1 aliphatic heterocycles. The molecule has 166 valence electrons. The summed E-state index contributed by atoms with van der Waals surface area (Å²) in [5.74, 6) is 0.380. The highest BCUT2D eigenvalue weighted by Crippen LogP contribution is 2.33. The van der Waals surface area contributed by atoms with Gasteiger partial charge in [-0.25, -0.2) is 4.98 Å². The van der Waals surface area contributed by atoms with Gasteiger partial charge in [0.2, 0.25) is 5.91 Å². The van der Waals surface area contributed by atoms with Crippen LogP contribution in [0, 0.1) is 5.92 Å². The Labute approximate surface area is 179 Å². The predicted octanol–water partition coefficient (Wildman–Crippen LogP) is 3.64. The number of alkyl halides is 3. The van der Waals surface area contributed by atoms with E-state index < -0.39 is 11.7 Å². The summed E-state index contributed by atoms with van der Waals surface area (Å²) in [7, 11) is 2.12. The van der Waals surface area contributed by atoms with Crippen molar-refractivity contribution in [3.63, 3.8) is 0 Å². The van der Waals surface area contributed by atoms with E-state index in [2.05, 4.69) is 41.0 Å². The lowest BCUT2D eigenvalue weighted by atomic mass is 10.0. The fourth-order valence-electron chi connectivity index (χ4n) is 3.73. The SMILES string of the molecule is CC(C)C(CNC(=O)CCc1nc2cc(C(F)(F)F)ccc2s1)N1CCN(C)CC1. The van der Waals surface area contributed by atoms with Gasteiger partial charge in [0.25, 0.3) is 0 Å². The molecule has 0 spiro atoms. The van der Waals surface area contributed by atoms with Crippen LogP contribution >= 0.6 is 11.3 Å². The molecule has 0 bridgehead atoms. The van der Waals surface area contributed by atoms with E-state index in [1.54, 1.807) is 0 Å². The minimum absolute atomic E-state index is 0.0509. The minimum Gasteiger partial charge on any atom is -0.355 e. The van der Waals surface area contributed by atoms with Crippen molar-refractivity contribution in [1.29, 1.82) is 0 Å². The summed E-state index contributed by atoms with van der Waals surface area (Å²) in [5.41, 5.74) is -0.367. The fraction of sp³-hybridized carbons (Fsp3) is 0.619. The lowest BCUT2D eigenvalue weighted by molar-refractivity contribution is -0.137. The van der Waals surface area contributed by atoms with Gasteiger partial charge in [0.1, 0.15) is 0 Å². The van der Waals surface area contributed by atoms with Crippen LogP contribution < -0.4 is 5.32 Å². The average molecular weight is 443 g/mol. The van der Waals surface area contributed by atoms with Crippen molar-refractivity contribution in [1.82, 2.24) is 20.1 Å². The second-order valence-corrected chi connectivity index (χ2v) is 9.36. The number of benzene rings is 1. The number of nitrogens with one attached hydrogen (secondary N) is 1. The number of fused-ring (bicyclic) bond motifs is 1. The number of nitrogens with zero attached hydrogens (tertiary/aromatic N) is 3. The summed E-state index contributed by atoms with van der Waals surface area (Å²) in [6.07, 6.45) is -3.68. The van der Waals surface area contributed by atoms with Gasteiger partial charge in [0, 0.05) is 51.6 Å². The van der Waals surface area contributed by atoms with Gasteiger partial charge in [-0.2, -0.15) is 13.2 Å². The first-order chi connectivity index (χ1) is 14.1. The molecule has 0 aliphatic carbocycles. The van der Waals surface area contributed by atoms with Crippen molar-refractivity contribution in [2.45, 2.75) is 38.9 Å². The second kappa shape index (κ2) is 9.62. The van der Waals surface area contributed by atoms with Crippen LogP contribution in [0.4, 0.5) is 13.2 Å². The number of rotatable bonds is 7. The Morgan fingerprint density at radius 2 is 1.93 bits per heavy atom. The molecule has 2 aromatic rings. The molecule has 2 heterocycles. The van der Waals surface area contributed by atoms with Gasteiger partial charge in [0.05, 0.1) is 20.8 Å². The van der Waals surface area contributed by atoms with Gasteiger partial charge in [-0.15, -0.1) is 11.3 Å². The van der Waals surface area contributed by atoms with Gasteiger partial charge < -0.3 is 10.2 Å². The summed E-state index contributed by atoms with van der Waals surface area (Å²) in [5, 5.41) is 3.72. The van der Waals surface area contributed by atoms with Gasteiger partial charge in [0.15, 0.2) is 0 Å². The zero-order chi connectivity index (χ0) is 21.9. The molecule has 1 aromatic carbocycles. The zero-order valence-corrected chi connectivity index (χ0v) is 18.4. The molecule has 1 atom stereocenters. The highest BCUT2D eigenvalue weighted by atomic mass is 32.1. The third-order valence-electron chi connectivity index (χ3n) is 5.61. The zero-order valence-electron chi connectivity index (χ0n) is 17.6. The van der Waals surface area contributed by atoms with E-state index >= 15 is 0 Å². The van der Waals surface area contributed by atoms with Crippen LogP contribution in [0.2, 0.25) is 0 Å². The van der Waals surface area contributed by atoms with Crippen molar-refractivity contribution in [2.75, 3.05) is 39.8 Å². The number of carbonyl (C=O) groups excluding carboxylic acids is 1. The number of hydrogen-bond donors (Lipinski definition) is 1. The van der Waals surface area contributed by atoms with Crippen LogP contribution in [0.25, 0.3) is 10.2 Å². The first kappa shape index (κ1) is 23.0. The summed E-state index contributed by atoms with van der Waals surface area (Å²) < 4.78 is 39.3. The quantitative estimate of drug-likeness (QED) is 0.711. The third-order valence-corrected chi connectivity index (χ3v) is 6.71. The number of aromatic nitrogens is 1. The maximum absolute atomic E-state index is 12.9. The molecule has 1 fully saturated rings. The van der Waals surface area contributed by atoms with Crippen LogP contribution in [0.15, 0.2) is 18.2 Å². The van der Waals surface area contributed by atoms with E-state index in [0.717, 1.165) is 38.3 Å². The molecule has 1 aromatic heterocycles. The number of amides is 1. The summed E-state index contributed by atoms with van der Waals surface area (Å²) in [6, 6.07) is 3.88. The highest BCUT2D eigenvalue weighted by molar-refractivity contribution is 7.18. The lowest BCUT2D eigenvalue weighted by Gasteiger charge is -2.39. The summed E-state index contributed by atoms with van der Waals surface area (Å²) >= 11 is 1.34. The molecule has 1 amide bonds. The average Bonchev–Trinajstić information content (AvgIpc) is 3.09. The molecule has 0 saturated carbocycles. The van der Waals surface area contributed by atoms with E-state index in [1.807, 2.05) is 0 Å². The van der Waals surface area contributed by atoms with Crippen molar-refractivity contribution >= 4 is 27.5 Å². The van der Waals surface area contributed by atoms with Crippen molar-refractivity contribution in [3.05, 3.63) is 28.8 Å². The van der Waals surface area contributed by atoms with Gasteiger partial charge in [-0.05, 0) is 31.2 Å². The van der Waals surface area contributed by atoms with Gasteiger partial charge in [-0.1, -0.05) is 13.8 Å². The van der Waals surface area contributed by atoms with Gasteiger partial charge in [-0.3, -0.25) is 9.69 Å². The van der Waals surface area contributed by atoms with Crippen LogP contribution in [-0.2, 0) is 17.4 Å². The number of hydrogen-bond acceptors (Lipinski definition) is 5. The van der Waals surface area contributed by atoms with Crippen molar-refractivity contribution in [2.24, 2.45) is 5.92 Å². The minimum atomic E-state index is -4.38. The highest BCUT2D eigenvalue weighted by Gasteiger charge is 2.31. The van der Waals surface area contributed by atoms with E-state index in [9.17, 15) is 18.0 Å². The normalized spacial score (nSPS) is 17.6. The molecule has 3 rings (SSSR count). The Hall–Kier alpha value is -1.71. The third kappa shape index (κ3) is 5.92. The number of aryl methyl sites for hydroxylation is 1. The number of halogens is 3. The van der Waals surface area contributed by atoms with E-state index in [-0.39, 0.29) is 12.3 Å². The number of likely N-dealkylation sites (N-methyl/N-ethyl adjacent to an activating group) is 1. The van der Waals surface area contributed by atoms with Gasteiger partial charge >= 0.3 is 6.18 Å². The molecule has 1 saturated heterocycles. The molecular formula is C21H29F3N4OS. The molecule has 1 N–H and O–H groups in total. The Bertz CT molecular complexity index is 860. The predicted molar refractivity (Wildman–Crippen MR) is 114 cm³/mol. The maximum Gasteiger partial charge on any atom is 0.416 e. The van der Waals surface area contributed by atoms with E-state index in [0.29, 0.717) is 40.1 Å². The van der Waals surface area contributed by atoms with Crippen LogP contribution in [-0.4, -0.2) is 66.5 Å². The lowest BCUT2D eigenvalue weighted by Crippen LogP contribution is -2.54. The molecule has 1 aliphatic rings. The molecule has 0 radical (unpaired) electrons. The topological polar surface area (TPSA) is 48.5 Å². The monoisotopic (exact) mass is 442 g/mol. The van der Waals surface area contributed by atoms with Crippen LogP contribution in [0.3, 0.4) is 0 Å². The first-order valence-electron chi connectivity index (χ1n) is 10.3.